The summed E-state index contributed by atoms with van der Waals surface area (Å²) in [6, 6.07) is 4.56. The molecule has 1 N–H and O–H groups in total. The van der Waals surface area contributed by atoms with Crippen molar-refractivity contribution in [2.75, 3.05) is 0 Å². The van der Waals surface area contributed by atoms with Crippen molar-refractivity contribution in [3.63, 3.8) is 0 Å². The van der Waals surface area contributed by atoms with Crippen LogP contribution in [0.15, 0.2) is 30.6 Å². The van der Waals surface area contributed by atoms with Gasteiger partial charge in [-0.1, -0.05) is 11.6 Å². The summed E-state index contributed by atoms with van der Waals surface area (Å²) in [5.74, 6) is -0.869. The highest BCUT2D eigenvalue weighted by Gasteiger charge is 2.10. The molecule has 0 saturated carbocycles. The Balaban J connectivity index is 2.54. The molecule has 16 heavy (non-hydrogen) atoms. The van der Waals surface area contributed by atoms with E-state index in [0.717, 1.165) is 0 Å². The first-order valence-electron chi connectivity index (χ1n) is 4.35. The number of aromatic nitrogens is 3. The van der Waals surface area contributed by atoms with E-state index in [4.69, 9.17) is 16.7 Å². The Morgan fingerprint density at radius 3 is 2.56 bits per heavy atom. The summed E-state index contributed by atoms with van der Waals surface area (Å²) in [7, 11) is 0. The molecule has 0 fully saturated rings. The van der Waals surface area contributed by atoms with Crippen molar-refractivity contribution in [1.29, 1.82) is 0 Å². The van der Waals surface area contributed by atoms with Crippen molar-refractivity contribution in [1.82, 2.24) is 15.0 Å². The molecule has 0 bridgehead atoms. The third-order valence-electron chi connectivity index (χ3n) is 1.85. The van der Waals surface area contributed by atoms with Crippen molar-refractivity contribution in [3.05, 3.63) is 41.4 Å². The molecule has 0 aromatic carbocycles. The molecular weight excluding hydrogens is 230 g/mol. The van der Waals surface area contributed by atoms with Gasteiger partial charge in [-0.05, 0) is 12.1 Å². The van der Waals surface area contributed by atoms with Gasteiger partial charge in [0.2, 0.25) is 0 Å². The van der Waals surface area contributed by atoms with E-state index in [1.165, 1.54) is 6.07 Å². The Morgan fingerprint density at radius 1 is 1.25 bits per heavy atom. The zero-order valence-electron chi connectivity index (χ0n) is 7.96. The zero-order chi connectivity index (χ0) is 11.5. The number of nitrogens with zero attached hydrogens (tertiary/aromatic N) is 3. The SMILES string of the molecule is O=C(O)c1cc(Cl)nc(-c2ccncc2)n1. The molecule has 0 aliphatic rings. The van der Waals surface area contributed by atoms with E-state index in [1.54, 1.807) is 24.5 Å². The lowest BCUT2D eigenvalue weighted by Crippen LogP contribution is -2.03. The summed E-state index contributed by atoms with van der Waals surface area (Å²) in [6.45, 7) is 0. The number of halogens is 1. The van der Waals surface area contributed by atoms with Crippen LogP contribution in [0, 0.1) is 0 Å². The molecule has 0 aliphatic heterocycles. The van der Waals surface area contributed by atoms with E-state index in [2.05, 4.69) is 15.0 Å². The maximum atomic E-state index is 10.8. The van der Waals surface area contributed by atoms with Crippen LogP contribution in [0.2, 0.25) is 5.15 Å². The largest absolute Gasteiger partial charge is 0.477 e. The lowest BCUT2D eigenvalue weighted by Gasteiger charge is -2.01. The van der Waals surface area contributed by atoms with Crippen LogP contribution in [0.3, 0.4) is 0 Å². The van der Waals surface area contributed by atoms with E-state index in [0.29, 0.717) is 5.56 Å². The first kappa shape index (κ1) is 10.5. The summed E-state index contributed by atoms with van der Waals surface area (Å²) < 4.78 is 0. The summed E-state index contributed by atoms with van der Waals surface area (Å²) >= 11 is 5.71. The second-order valence-electron chi connectivity index (χ2n) is 2.94. The Labute approximate surface area is 95.8 Å². The Kier molecular flexibility index (Phi) is 2.78. The summed E-state index contributed by atoms with van der Waals surface area (Å²) in [6.07, 6.45) is 3.14. The fraction of sp³-hybridized carbons (Fsp3) is 0. The van der Waals surface area contributed by atoms with E-state index in [-0.39, 0.29) is 16.7 Å². The highest BCUT2D eigenvalue weighted by atomic mass is 35.5. The molecule has 2 heterocycles. The van der Waals surface area contributed by atoms with Crippen molar-refractivity contribution in [2.24, 2.45) is 0 Å². The standard InChI is InChI=1S/C10H6ClN3O2/c11-8-5-7(10(15)16)13-9(14-8)6-1-3-12-4-2-6/h1-5H,(H,15,16). The number of hydrogen-bond acceptors (Lipinski definition) is 4. The zero-order valence-corrected chi connectivity index (χ0v) is 8.72. The molecule has 0 amide bonds. The molecule has 0 saturated heterocycles. The van der Waals surface area contributed by atoms with Gasteiger partial charge in [0, 0.05) is 24.0 Å². The van der Waals surface area contributed by atoms with Crippen LogP contribution in [0.25, 0.3) is 11.4 Å². The number of carbonyl (C=O) groups is 1. The Morgan fingerprint density at radius 2 is 1.94 bits per heavy atom. The topological polar surface area (TPSA) is 76.0 Å². The number of pyridine rings is 1. The Bertz CT molecular complexity index is 531. The van der Waals surface area contributed by atoms with E-state index < -0.39 is 5.97 Å². The van der Waals surface area contributed by atoms with Crippen LogP contribution in [-0.4, -0.2) is 26.0 Å². The number of carboxylic acid groups (broad SMARTS) is 1. The van der Waals surface area contributed by atoms with Gasteiger partial charge in [0.1, 0.15) is 5.15 Å². The van der Waals surface area contributed by atoms with E-state index >= 15 is 0 Å². The van der Waals surface area contributed by atoms with Crippen molar-refractivity contribution in [2.45, 2.75) is 0 Å². The minimum Gasteiger partial charge on any atom is -0.477 e. The van der Waals surface area contributed by atoms with Crippen LogP contribution < -0.4 is 0 Å². The molecule has 0 atom stereocenters. The number of carboxylic acids is 1. The fourth-order valence-electron chi connectivity index (χ4n) is 1.16. The van der Waals surface area contributed by atoms with Crippen LogP contribution >= 0.6 is 11.6 Å². The smallest absolute Gasteiger partial charge is 0.354 e. The summed E-state index contributed by atoms with van der Waals surface area (Å²) in [4.78, 5) is 22.5. The number of aromatic carboxylic acids is 1. The van der Waals surface area contributed by atoms with Gasteiger partial charge in [-0.25, -0.2) is 14.8 Å². The molecule has 6 heteroatoms. The quantitative estimate of drug-likeness (QED) is 0.805. The van der Waals surface area contributed by atoms with Gasteiger partial charge in [0.25, 0.3) is 0 Å². The highest BCUT2D eigenvalue weighted by Crippen LogP contribution is 2.17. The number of hydrogen-bond donors (Lipinski definition) is 1. The van der Waals surface area contributed by atoms with Gasteiger partial charge in [-0.3, -0.25) is 4.98 Å². The highest BCUT2D eigenvalue weighted by molar-refractivity contribution is 6.29. The number of rotatable bonds is 2. The van der Waals surface area contributed by atoms with E-state index in [9.17, 15) is 4.79 Å². The molecule has 5 nitrogen and oxygen atoms in total. The average Bonchev–Trinajstić information content (AvgIpc) is 2.29. The minimum absolute atomic E-state index is 0.0965. The molecule has 80 valence electrons. The molecule has 2 rings (SSSR count). The van der Waals surface area contributed by atoms with Gasteiger partial charge < -0.3 is 5.11 Å². The van der Waals surface area contributed by atoms with Gasteiger partial charge in [-0.15, -0.1) is 0 Å². The summed E-state index contributed by atoms with van der Waals surface area (Å²) in [5, 5.41) is 8.92. The molecular formula is C10H6ClN3O2. The molecule has 2 aromatic heterocycles. The Hall–Kier alpha value is -2.01. The normalized spacial score (nSPS) is 10.1. The first-order valence-corrected chi connectivity index (χ1v) is 4.73. The van der Waals surface area contributed by atoms with Crippen LogP contribution in [0.4, 0.5) is 0 Å². The van der Waals surface area contributed by atoms with Crippen LogP contribution in [0.5, 0.6) is 0 Å². The fourth-order valence-corrected chi connectivity index (χ4v) is 1.34. The second-order valence-corrected chi connectivity index (χ2v) is 3.33. The maximum Gasteiger partial charge on any atom is 0.354 e. The lowest BCUT2D eigenvalue weighted by atomic mass is 10.2. The van der Waals surface area contributed by atoms with Gasteiger partial charge in [0.15, 0.2) is 11.5 Å². The average molecular weight is 236 g/mol. The predicted molar refractivity (Wildman–Crippen MR) is 57.2 cm³/mol. The van der Waals surface area contributed by atoms with Crippen LogP contribution in [0.1, 0.15) is 10.5 Å². The summed E-state index contributed by atoms with van der Waals surface area (Å²) in [5.41, 5.74) is 0.534. The first-order chi connectivity index (χ1) is 7.66. The van der Waals surface area contributed by atoms with Crippen molar-refractivity contribution in [3.8, 4) is 11.4 Å². The molecule has 0 radical (unpaired) electrons. The van der Waals surface area contributed by atoms with Crippen molar-refractivity contribution >= 4 is 17.6 Å². The molecule has 2 aromatic rings. The van der Waals surface area contributed by atoms with Gasteiger partial charge >= 0.3 is 5.97 Å². The van der Waals surface area contributed by atoms with E-state index in [1.807, 2.05) is 0 Å². The third-order valence-corrected chi connectivity index (χ3v) is 2.05. The second kappa shape index (κ2) is 4.24. The predicted octanol–water partition coefficient (Wildman–Crippen LogP) is 1.89. The monoisotopic (exact) mass is 235 g/mol. The minimum atomic E-state index is -1.14. The molecule has 0 spiro atoms. The maximum absolute atomic E-state index is 10.8. The van der Waals surface area contributed by atoms with Crippen molar-refractivity contribution < 1.29 is 9.90 Å². The van der Waals surface area contributed by atoms with Gasteiger partial charge in [0.05, 0.1) is 0 Å². The lowest BCUT2D eigenvalue weighted by molar-refractivity contribution is 0.0690. The van der Waals surface area contributed by atoms with Crippen LogP contribution in [-0.2, 0) is 0 Å². The third kappa shape index (κ3) is 2.14. The molecule has 0 unspecified atom stereocenters. The van der Waals surface area contributed by atoms with Gasteiger partial charge in [-0.2, -0.15) is 0 Å². The molecule has 0 aliphatic carbocycles.